The van der Waals surface area contributed by atoms with Gasteiger partial charge < -0.3 is 4.74 Å². The molecule has 106 valence electrons. The highest BCUT2D eigenvalue weighted by molar-refractivity contribution is 6.33. The number of hydrogen-bond acceptors (Lipinski definition) is 1. The number of halogens is 3. The summed E-state index contributed by atoms with van der Waals surface area (Å²) in [6, 6.07) is 8.44. The molecule has 1 unspecified atom stereocenters. The van der Waals surface area contributed by atoms with Crippen molar-refractivity contribution >= 4 is 23.2 Å². The van der Waals surface area contributed by atoms with Gasteiger partial charge in [-0.15, -0.1) is 11.6 Å². The summed E-state index contributed by atoms with van der Waals surface area (Å²) in [7, 11) is 1.43. The minimum absolute atomic E-state index is 0.174. The number of hydrogen-bond donors (Lipinski definition) is 0. The van der Waals surface area contributed by atoms with Gasteiger partial charge in [0.05, 0.1) is 12.5 Å². The first-order chi connectivity index (χ1) is 9.43. The summed E-state index contributed by atoms with van der Waals surface area (Å²) in [5, 5.41) is 0.160. The molecule has 0 aliphatic carbocycles. The molecule has 1 nitrogen and oxygen atoms in total. The van der Waals surface area contributed by atoms with E-state index in [0.29, 0.717) is 5.02 Å². The Kier molecular flexibility index (Phi) is 4.56. The van der Waals surface area contributed by atoms with Crippen LogP contribution in [0.5, 0.6) is 5.75 Å². The van der Waals surface area contributed by atoms with Crippen LogP contribution in [-0.2, 0) is 0 Å². The second-order valence-corrected chi connectivity index (χ2v) is 5.56. The number of ether oxygens (including phenoxy) is 1. The monoisotopic (exact) mass is 312 g/mol. The third-order valence-electron chi connectivity index (χ3n) is 3.35. The van der Waals surface area contributed by atoms with Crippen LogP contribution in [0.4, 0.5) is 4.39 Å². The molecule has 0 N–H and O–H groups in total. The van der Waals surface area contributed by atoms with Crippen LogP contribution < -0.4 is 4.74 Å². The zero-order valence-corrected chi connectivity index (χ0v) is 13.0. The Labute approximate surface area is 128 Å². The maximum absolute atomic E-state index is 13.4. The van der Waals surface area contributed by atoms with Gasteiger partial charge in [0.15, 0.2) is 11.6 Å². The topological polar surface area (TPSA) is 9.23 Å². The Balaban J connectivity index is 2.46. The van der Waals surface area contributed by atoms with Gasteiger partial charge in [-0.1, -0.05) is 23.7 Å². The number of rotatable bonds is 3. The van der Waals surface area contributed by atoms with Crippen molar-refractivity contribution in [2.75, 3.05) is 7.11 Å². The highest BCUT2D eigenvalue weighted by Crippen LogP contribution is 2.36. The molecule has 0 saturated carbocycles. The fraction of sp³-hybridized carbons (Fsp3) is 0.250. The van der Waals surface area contributed by atoms with Crippen LogP contribution in [0.1, 0.15) is 27.6 Å². The van der Waals surface area contributed by atoms with Crippen molar-refractivity contribution in [1.82, 2.24) is 0 Å². The van der Waals surface area contributed by atoms with Crippen LogP contribution >= 0.6 is 23.2 Å². The van der Waals surface area contributed by atoms with Crippen molar-refractivity contribution in [1.29, 1.82) is 0 Å². The third kappa shape index (κ3) is 2.92. The molecular formula is C16H15Cl2FO. The largest absolute Gasteiger partial charge is 0.494 e. The normalized spacial score (nSPS) is 12.3. The summed E-state index contributed by atoms with van der Waals surface area (Å²) in [4.78, 5) is 0. The average molecular weight is 313 g/mol. The predicted octanol–water partition coefficient (Wildman–Crippen LogP) is 5.43. The van der Waals surface area contributed by atoms with E-state index in [9.17, 15) is 4.39 Å². The van der Waals surface area contributed by atoms with Crippen molar-refractivity contribution in [3.8, 4) is 5.75 Å². The molecule has 2 rings (SSSR count). The number of alkyl halides is 1. The van der Waals surface area contributed by atoms with Gasteiger partial charge in [0.25, 0.3) is 0 Å². The smallest absolute Gasteiger partial charge is 0.165 e. The molecule has 0 saturated heterocycles. The zero-order chi connectivity index (χ0) is 14.9. The van der Waals surface area contributed by atoms with Crippen molar-refractivity contribution in [3.63, 3.8) is 0 Å². The van der Waals surface area contributed by atoms with Crippen LogP contribution in [0.15, 0.2) is 30.3 Å². The summed E-state index contributed by atoms with van der Waals surface area (Å²) in [5.41, 5.74) is 3.78. The summed E-state index contributed by atoms with van der Waals surface area (Å²) in [5.74, 6) is -0.237. The van der Waals surface area contributed by atoms with Crippen LogP contribution in [0.2, 0.25) is 5.02 Å². The number of methoxy groups -OCH3 is 1. The maximum Gasteiger partial charge on any atom is 0.165 e. The van der Waals surface area contributed by atoms with E-state index in [-0.39, 0.29) is 5.75 Å². The lowest BCUT2D eigenvalue weighted by atomic mass is 9.99. The van der Waals surface area contributed by atoms with Gasteiger partial charge in [0.2, 0.25) is 0 Å². The predicted molar refractivity (Wildman–Crippen MR) is 81.6 cm³/mol. The van der Waals surface area contributed by atoms with E-state index in [0.717, 1.165) is 22.3 Å². The fourth-order valence-corrected chi connectivity index (χ4v) is 2.71. The van der Waals surface area contributed by atoms with Crippen LogP contribution in [0.3, 0.4) is 0 Å². The summed E-state index contributed by atoms with van der Waals surface area (Å²) < 4.78 is 18.4. The van der Waals surface area contributed by atoms with Gasteiger partial charge in [-0.25, -0.2) is 4.39 Å². The Morgan fingerprint density at radius 1 is 1.10 bits per heavy atom. The van der Waals surface area contributed by atoms with Gasteiger partial charge in [0.1, 0.15) is 0 Å². The summed E-state index contributed by atoms with van der Waals surface area (Å²) in [6.45, 7) is 4.00. The van der Waals surface area contributed by atoms with E-state index in [1.54, 1.807) is 12.1 Å². The SMILES string of the molecule is COc1cc(C(Cl)c2cc(C)c(C)cc2Cl)ccc1F. The van der Waals surface area contributed by atoms with Gasteiger partial charge in [0, 0.05) is 5.02 Å². The third-order valence-corrected chi connectivity index (χ3v) is 4.17. The molecule has 0 aromatic heterocycles. The van der Waals surface area contributed by atoms with Crippen molar-refractivity contribution in [2.24, 2.45) is 0 Å². The maximum atomic E-state index is 13.4. The lowest BCUT2D eigenvalue weighted by Gasteiger charge is -2.15. The molecule has 0 spiro atoms. The van der Waals surface area contributed by atoms with Gasteiger partial charge >= 0.3 is 0 Å². The van der Waals surface area contributed by atoms with Crippen molar-refractivity contribution < 1.29 is 9.13 Å². The molecule has 4 heteroatoms. The van der Waals surface area contributed by atoms with E-state index >= 15 is 0 Å². The van der Waals surface area contributed by atoms with Crippen molar-refractivity contribution in [3.05, 3.63) is 63.4 Å². The molecule has 0 heterocycles. The van der Waals surface area contributed by atoms with Crippen LogP contribution in [-0.4, -0.2) is 7.11 Å². The molecule has 2 aromatic carbocycles. The molecule has 0 aliphatic heterocycles. The molecule has 20 heavy (non-hydrogen) atoms. The quantitative estimate of drug-likeness (QED) is 0.686. The Bertz CT molecular complexity index is 641. The van der Waals surface area contributed by atoms with Crippen LogP contribution in [0.25, 0.3) is 0 Å². The number of benzene rings is 2. The first kappa shape index (κ1) is 15.1. The lowest BCUT2D eigenvalue weighted by molar-refractivity contribution is 0.386. The van der Waals surface area contributed by atoms with Crippen molar-refractivity contribution in [2.45, 2.75) is 19.2 Å². The summed E-state index contributed by atoms with van der Waals surface area (Å²) >= 11 is 12.7. The standard InChI is InChI=1S/C16H15Cl2FO/c1-9-6-12(13(17)7-10(9)2)16(18)11-4-5-14(19)15(8-11)20-3/h4-8,16H,1-3H3. The Hall–Kier alpha value is -1.25. The average Bonchev–Trinajstić information content (AvgIpc) is 2.42. The lowest BCUT2D eigenvalue weighted by Crippen LogP contribution is -1.98. The first-order valence-electron chi connectivity index (χ1n) is 6.18. The van der Waals surface area contributed by atoms with Gasteiger partial charge in [-0.2, -0.15) is 0 Å². The Morgan fingerprint density at radius 2 is 1.75 bits per heavy atom. The molecule has 0 fully saturated rings. The number of aryl methyl sites for hydroxylation is 2. The first-order valence-corrected chi connectivity index (χ1v) is 6.99. The van der Waals surface area contributed by atoms with E-state index in [1.165, 1.54) is 13.2 Å². The second-order valence-electron chi connectivity index (χ2n) is 4.71. The van der Waals surface area contributed by atoms with Gasteiger partial charge in [-0.3, -0.25) is 0 Å². The van der Waals surface area contributed by atoms with E-state index in [2.05, 4.69) is 0 Å². The highest BCUT2D eigenvalue weighted by atomic mass is 35.5. The molecule has 2 aromatic rings. The van der Waals surface area contributed by atoms with Crippen LogP contribution in [0, 0.1) is 19.7 Å². The molecule has 0 aliphatic rings. The van der Waals surface area contributed by atoms with E-state index < -0.39 is 11.2 Å². The zero-order valence-electron chi connectivity index (χ0n) is 11.5. The fourth-order valence-electron chi connectivity index (χ4n) is 2.01. The molecule has 0 amide bonds. The molecule has 0 radical (unpaired) electrons. The molecular weight excluding hydrogens is 298 g/mol. The molecule has 0 bridgehead atoms. The Morgan fingerprint density at radius 3 is 2.40 bits per heavy atom. The minimum atomic E-state index is -0.448. The summed E-state index contributed by atoms with van der Waals surface area (Å²) in [6.07, 6.45) is 0. The second kappa shape index (κ2) is 6.02. The highest BCUT2D eigenvalue weighted by Gasteiger charge is 2.17. The van der Waals surface area contributed by atoms with Gasteiger partial charge in [-0.05, 0) is 54.3 Å². The van der Waals surface area contributed by atoms with E-state index in [1.807, 2.05) is 26.0 Å². The van der Waals surface area contributed by atoms with E-state index in [4.69, 9.17) is 27.9 Å². The molecule has 1 atom stereocenters. The minimum Gasteiger partial charge on any atom is -0.494 e.